The first kappa shape index (κ1) is 11.6. The molecule has 0 aliphatic carbocycles. The molecule has 1 aromatic carbocycles. The molecule has 1 aromatic heterocycles. The van der Waals surface area contributed by atoms with Gasteiger partial charge in [-0.25, -0.2) is 4.39 Å². The molecule has 2 aromatic rings. The number of hydrogen-bond acceptors (Lipinski definition) is 3. The highest BCUT2D eigenvalue weighted by Gasteiger charge is 2.13. The number of halogens is 2. The molecular weight excluding hydrogens is 247 g/mol. The number of benzene rings is 1. The first-order chi connectivity index (χ1) is 8.08. The first-order valence-electron chi connectivity index (χ1n) is 4.75. The lowest BCUT2D eigenvalue weighted by Crippen LogP contribution is -2.12. The molecule has 0 spiro atoms. The lowest BCUT2D eigenvalue weighted by molar-refractivity contribution is 0.102. The molecule has 17 heavy (non-hydrogen) atoms. The second-order valence-electron chi connectivity index (χ2n) is 3.38. The number of aromatic nitrogens is 1. The maximum absolute atomic E-state index is 12.9. The van der Waals surface area contributed by atoms with E-state index in [0.29, 0.717) is 17.0 Å². The minimum atomic E-state index is -0.536. The largest absolute Gasteiger partial charge is 0.361 e. The summed E-state index contributed by atoms with van der Waals surface area (Å²) in [7, 11) is 0. The molecule has 0 aliphatic heterocycles. The summed E-state index contributed by atoms with van der Waals surface area (Å²) >= 11 is 5.60. The highest BCUT2D eigenvalue weighted by molar-refractivity contribution is 6.31. The standard InChI is InChI=1S/C11H8ClFN2O2/c1-6-8(5-14-17-6)11(16)15-7-2-3-10(13)9(12)4-7/h2-5H,1H3,(H,15,16). The molecule has 1 N–H and O–H groups in total. The number of hydrogen-bond donors (Lipinski definition) is 1. The van der Waals surface area contributed by atoms with Crippen molar-refractivity contribution in [2.75, 3.05) is 5.32 Å². The van der Waals surface area contributed by atoms with Gasteiger partial charge in [-0.05, 0) is 25.1 Å². The van der Waals surface area contributed by atoms with Crippen LogP contribution >= 0.6 is 11.6 Å². The topological polar surface area (TPSA) is 55.1 Å². The number of anilines is 1. The predicted octanol–water partition coefficient (Wildman–Crippen LogP) is 3.03. The van der Waals surface area contributed by atoms with E-state index in [-0.39, 0.29) is 10.9 Å². The van der Waals surface area contributed by atoms with Crippen molar-refractivity contribution in [1.82, 2.24) is 5.16 Å². The molecule has 0 radical (unpaired) electrons. The Hall–Kier alpha value is -1.88. The number of nitrogens with one attached hydrogen (secondary N) is 1. The maximum atomic E-state index is 12.9. The van der Waals surface area contributed by atoms with E-state index in [9.17, 15) is 9.18 Å². The molecule has 0 atom stereocenters. The molecule has 0 fully saturated rings. The van der Waals surface area contributed by atoms with Gasteiger partial charge < -0.3 is 9.84 Å². The highest BCUT2D eigenvalue weighted by atomic mass is 35.5. The van der Waals surface area contributed by atoms with Gasteiger partial charge in [0, 0.05) is 5.69 Å². The van der Waals surface area contributed by atoms with Crippen LogP contribution in [0, 0.1) is 12.7 Å². The molecule has 2 rings (SSSR count). The third kappa shape index (κ3) is 2.45. The molecule has 4 nitrogen and oxygen atoms in total. The number of nitrogens with zero attached hydrogens (tertiary/aromatic N) is 1. The molecule has 0 aliphatic rings. The zero-order chi connectivity index (χ0) is 12.4. The van der Waals surface area contributed by atoms with E-state index in [4.69, 9.17) is 16.1 Å². The van der Waals surface area contributed by atoms with Crippen molar-refractivity contribution in [3.63, 3.8) is 0 Å². The Morgan fingerprint density at radius 1 is 1.53 bits per heavy atom. The van der Waals surface area contributed by atoms with Gasteiger partial charge in [-0.2, -0.15) is 0 Å². The average molecular weight is 255 g/mol. The maximum Gasteiger partial charge on any atom is 0.260 e. The van der Waals surface area contributed by atoms with Gasteiger partial charge in [-0.1, -0.05) is 16.8 Å². The summed E-state index contributed by atoms with van der Waals surface area (Å²) < 4.78 is 17.7. The van der Waals surface area contributed by atoms with Gasteiger partial charge in [-0.3, -0.25) is 4.79 Å². The highest BCUT2D eigenvalue weighted by Crippen LogP contribution is 2.20. The van der Waals surface area contributed by atoms with E-state index < -0.39 is 5.82 Å². The Kier molecular flexibility index (Phi) is 3.10. The summed E-state index contributed by atoms with van der Waals surface area (Å²) in [5.74, 6) is -0.507. The van der Waals surface area contributed by atoms with Crippen LogP contribution in [0.1, 0.15) is 16.1 Å². The van der Waals surface area contributed by atoms with E-state index in [0.717, 1.165) is 0 Å². The van der Waals surface area contributed by atoms with Crippen LogP contribution in [0.5, 0.6) is 0 Å². The van der Waals surface area contributed by atoms with Crippen LogP contribution < -0.4 is 5.32 Å². The van der Waals surface area contributed by atoms with Crippen molar-refractivity contribution >= 4 is 23.2 Å². The van der Waals surface area contributed by atoms with Crippen molar-refractivity contribution in [1.29, 1.82) is 0 Å². The van der Waals surface area contributed by atoms with Gasteiger partial charge >= 0.3 is 0 Å². The predicted molar refractivity (Wildman–Crippen MR) is 60.6 cm³/mol. The lowest BCUT2D eigenvalue weighted by atomic mass is 10.2. The van der Waals surface area contributed by atoms with E-state index in [1.165, 1.54) is 24.4 Å². The second kappa shape index (κ2) is 4.55. The molecule has 0 saturated heterocycles. The van der Waals surface area contributed by atoms with Gasteiger partial charge in [-0.15, -0.1) is 0 Å². The summed E-state index contributed by atoms with van der Waals surface area (Å²) in [6.07, 6.45) is 1.32. The third-order valence-electron chi connectivity index (χ3n) is 2.17. The third-order valence-corrected chi connectivity index (χ3v) is 2.46. The first-order valence-corrected chi connectivity index (χ1v) is 5.13. The molecule has 0 bridgehead atoms. The summed E-state index contributed by atoms with van der Waals surface area (Å²) in [5.41, 5.74) is 0.729. The minimum absolute atomic E-state index is 0.0511. The van der Waals surface area contributed by atoms with Crippen molar-refractivity contribution in [3.05, 3.63) is 46.6 Å². The van der Waals surface area contributed by atoms with Gasteiger partial charge in [0.05, 0.1) is 11.2 Å². The Labute approximate surface area is 101 Å². The Morgan fingerprint density at radius 2 is 2.29 bits per heavy atom. The minimum Gasteiger partial charge on any atom is -0.361 e. The summed E-state index contributed by atoms with van der Waals surface area (Å²) in [6.45, 7) is 1.62. The number of carbonyl (C=O) groups excluding carboxylic acids is 1. The Bertz CT molecular complexity index is 568. The Morgan fingerprint density at radius 3 is 2.88 bits per heavy atom. The van der Waals surface area contributed by atoms with Crippen LogP contribution in [0.15, 0.2) is 28.9 Å². The molecular formula is C11H8ClFN2O2. The molecule has 1 heterocycles. The lowest BCUT2D eigenvalue weighted by Gasteiger charge is -2.04. The van der Waals surface area contributed by atoms with Gasteiger partial charge in [0.1, 0.15) is 17.1 Å². The quantitative estimate of drug-likeness (QED) is 0.896. The van der Waals surface area contributed by atoms with Crippen molar-refractivity contribution < 1.29 is 13.7 Å². The van der Waals surface area contributed by atoms with E-state index in [1.807, 2.05) is 0 Å². The smallest absolute Gasteiger partial charge is 0.260 e. The zero-order valence-corrected chi connectivity index (χ0v) is 9.58. The zero-order valence-electron chi connectivity index (χ0n) is 8.83. The normalized spacial score (nSPS) is 10.3. The molecule has 6 heteroatoms. The Balaban J connectivity index is 2.19. The SMILES string of the molecule is Cc1oncc1C(=O)Nc1ccc(F)c(Cl)c1. The van der Waals surface area contributed by atoms with Crippen LogP contribution in [0.25, 0.3) is 0 Å². The fourth-order valence-electron chi connectivity index (χ4n) is 1.29. The van der Waals surface area contributed by atoms with E-state index in [1.54, 1.807) is 6.92 Å². The number of carbonyl (C=O) groups is 1. The average Bonchev–Trinajstić information content (AvgIpc) is 2.70. The van der Waals surface area contributed by atoms with Crippen LogP contribution in [-0.2, 0) is 0 Å². The second-order valence-corrected chi connectivity index (χ2v) is 3.79. The fourth-order valence-corrected chi connectivity index (χ4v) is 1.47. The van der Waals surface area contributed by atoms with Gasteiger partial charge in [0.15, 0.2) is 0 Å². The fraction of sp³-hybridized carbons (Fsp3) is 0.0909. The number of amides is 1. The number of rotatable bonds is 2. The summed E-state index contributed by atoms with van der Waals surface area (Å²) in [6, 6.07) is 3.93. The molecule has 0 saturated carbocycles. The van der Waals surface area contributed by atoms with Gasteiger partial charge in [0.2, 0.25) is 0 Å². The monoisotopic (exact) mass is 254 g/mol. The van der Waals surface area contributed by atoms with Crippen LogP contribution in [0.3, 0.4) is 0 Å². The van der Waals surface area contributed by atoms with Crippen molar-refractivity contribution in [3.8, 4) is 0 Å². The van der Waals surface area contributed by atoms with E-state index in [2.05, 4.69) is 10.5 Å². The van der Waals surface area contributed by atoms with Crippen LogP contribution in [0.4, 0.5) is 10.1 Å². The van der Waals surface area contributed by atoms with Crippen molar-refractivity contribution in [2.45, 2.75) is 6.92 Å². The van der Waals surface area contributed by atoms with Crippen molar-refractivity contribution in [2.24, 2.45) is 0 Å². The van der Waals surface area contributed by atoms with Crippen LogP contribution in [0.2, 0.25) is 5.02 Å². The molecule has 0 unspecified atom stereocenters. The number of aryl methyl sites for hydroxylation is 1. The van der Waals surface area contributed by atoms with Gasteiger partial charge in [0.25, 0.3) is 5.91 Å². The summed E-state index contributed by atoms with van der Waals surface area (Å²) in [4.78, 5) is 11.7. The molecule has 1 amide bonds. The summed E-state index contributed by atoms with van der Waals surface area (Å²) in [5, 5.41) is 6.01. The van der Waals surface area contributed by atoms with Crippen LogP contribution in [-0.4, -0.2) is 11.1 Å². The molecule has 88 valence electrons. The van der Waals surface area contributed by atoms with E-state index >= 15 is 0 Å².